The Kier molecular flexibility index (Phi) is 7.86. The summed E-state index contributed by atoms with van der Waals surface area (Å²) in [6.07, 6.45) is -4.18. The van der Waals surface area contributed by atoms with Crippen molar-refractivity contribution in [2.75, 3.05) is 30.4 Å². The average Bonchev–Trinajstić information content (AvgIpc) is 3.15. The molecule has 0 bridgehead atoms. The third kappa shape index (κ3) is 5.68. The van der Waals surface area contributed by atoms with E-state index in [1.165, 1.54) is 10.3 Å². The molecule has 1 aliphatic heterocycles. The van der Waals surface area contributed by atoms with Crippen LogP contribution in [0.2, 0.25) is 0 Å². The summed E-state index contributed by atoms with van der Waals surface area (Å²) in [4.78, 5) is 32.0. The van der Waals surface area contributed by atoms with Crippen LogP contribution in [0.4, 0.5) is 23.8 Å². The first-order chi connectivity index (χ1) is 15.8. The number of nitrogens with one attached hydrogen (secondary N) is 1. The molecule has 0 saturated carbocycles. The minimum absolute atomic E-state index is 0.0159. The number of piperidine rings is 1. The van der Waals surface area contributed by atoms with E-state index >= 15 is 0 Å². The van der Waals surface area contributed by atoms with Gasteiger partial charge in [-0.05, 0) is 46.1 Å². The van der Waals surface area contributed by atoms with Gasteiger partial charge in [0.1, 0.15) is 5.82 Å². The van der Waals surface area contributed by atoms with Gasteiger partial charge in [-0.2, -0.15) is 13.2 Å². The number of rotatable bonds is 6. The first-order valence-electron chi connectivity index (χ1n) is 11.0. The summed E-state index contributed by atoms with van der Waals surface area (Å²) in [5, 5.41) is 13.7. The molecule has 2 aromatic rings. The summed E-state index contributed by atoms with van der Waals surface area (Å²) in [6, 6.07) is 0.775. The molecule has 2 amide bonds. The van der Waals surface area contributed by atoms with E-state index in [9.17, 15) is 27.9 Å². The Morgan fingerprint density at radius 1 is 1.29 bits per heavy atom. The van der Waals surface area contributed by atoms with E-state index < -0.39 is 29.3 Å². The van der Waals surface area contributed by atoms with Gasteiger partial charge >= 0.3 is 12.3 Å². The molecule has 3 rings (SSSR count). The number of carbonyl (C=O) groups is 2. The number of anilines is 1. The van der Waals surface area contributed by atoms with Crippen molar-refractivity contribution in [1.29, 1.82) is 0 Å². The molecule has 0 atom stereocenters. The molecule has 1 saturated heterocycles. The predicted molar refractivity (Wildman–Crippen MR) is 127 cm³/mol. The normalized spacial score (nSPS) is 15.6. The summed E-state index contributed by atoms with van der Waals surface area (Å²) in [7, 11) is 0. The average molecular weight is 521 g/mol. The Hall–Kier alpha value is -2.27. The van der Waals surface area contributed by atoms with E-state index in [0.717, 1.165) is 17.4 Å². The molecular weight excluding hydrogens is 493 g/mol. The standard InChI is InChI=1S/C22H28ClF3N4O3S/c1-21(2,3)30(20(32)33)13-5-9-29(10-6-13)16-11-15(22(24,25)26)18-17(28-16)14(12-34-18)19(31)27-8-4-7-23/h11-13H,4-10H2,1-3H3,(H,27,31)(H,32,33). The molecule has 0 aliphatic carbocycles. The van der Waals surface area contributed by atoms with Gasteiger partial charge in [0, 0.05) is 42.5 Å². The lowest BCUT2D eigenvalue weighted by molar-refractivity contribution is -0.136. The van der Waals surface area contributed by atoms with Crippen LogP contribution in [0.3, 0.4) is 0 Å². The Balaban J connectivity index is 1.91. The number of amides is 2. The number of halogens is 4. The zero-order chi connectivity index (χ0) is 25.3. The molecule has 2 N–H and O–H groups in total. The van der Waals surface area contributed by atoms with E-state index in [1.807, 2.05) is 20.8 Å². The Bertz CT molecular complexity index is 1050. The second-order valence-corrected chi connectivity index (χ2v) is 10.5. The largest absolute Gasteiger partial charge is 0.465 e. The predicted octanol–water partition coefficient (Wildman–Crippen LogP) is 5.42. The molecule has 0 unspecified atom stereocenters. The fourth-order valence-electron chi connectivity index (χ4n) is 4.24. The monoisotopic (exact) mass is 520 g/mol. The van der Waals surface area contributed by atoms with Crippen molar-refractivity contribution >= 4 is 51.0 Å². The smallest absolute Gasteiger partial charge is 0.417 e. The lowest BCUT2D eigenvalue weighted by atomic mass is 9.97. The number of nitrogens with zero attached hydrogens (tertiary/aromatic N) is 3. The zero-order valence-corrected chi connectivity index (χ0v) is 20.8. The first-order valence-corrected chi connectivity index (χ1v) is 12.4. The van der Waals surface area contributed by atoms with Crippen LogP contribution in [0.25, 0.3) is 10.2 Å². The Morgan fingerprint density at radius 3 is 2.47 bits per heavy atom. The number of hydrogen-bond acceptors (Lipinski definition) is 5. The number of carbonyl (C=O) groups excluding carboxylic acids is 1. The highest BCUT2D eigenvalue weighted by atomic mass is 35.5. The number of alkyl halides is 4. The van der Waals surface area contributed by atoms with Crippen LogP contribution < -0.4 is 10.2 Å². The maximum atomic E-state index is 13.9. The fraction of sp³-hybridized carbons (Fsp3) is 0.591. The van der Waals surface area contributed by atoms with Crippen molar-refractivity contribution in [3.8, 4) is 0 Å². The van der Waals surface area contributed by atoms with Crippen LogP contribution in [0, 0.1) is 0 Å². The van der Waals surface area contributed by atoms with E-state index in [0.29, 0.717) is 44.8 Å². The van der Waals surface area contributed by atoms with Crippen molar-refractivity contribution in [3.05, 3.63) is 22.6 Å². The molecule has 2 aromatic heterocycles. The summed E-state index contributed by atoms with van der Waals surface area (Å²) in [5.41, 5.74) is -1.31. The van der Waals surface area contributed by atoms with E-state index in [1.54, 1.807) is 4.90 Å². The van der Waals surface area contributed by atoms with Gasteiger partial charge < -0.3 is 20.2 Å². The molecular formula is C22H28ClF3N4O3S. The molecule has 1 fully saturated rings. The van der Waals surface area contributed by atoms with E-state index in [2.05, 4.69) is 10.3 Å². The minimum atomic E-state index is -4.61. The van der Waals surface area contributed by atoms with Crippen molar-refractivity contribution in [3.63, 3.8) is 0 Å². The second kappa shape index (κ2) is 10.2. The molecule has 0 spiro atoms. The van der Waals surface area contributed by atoms with Gasteiger partial charge in [-0.25, -0.2) is 9.78 Å². The highest BCUT2D eigenvalue weighted by molar-refractivity contribution is 7.17. The number of hydrogen-bond donors (Lipinski definition) is 2. The third-order valence-electron chi connectivity index (χ3n) is 5.74. The zero-order valence-electron chi connectivity index (χ0n) is 19.2. The maximum absolute atomic E-state index is 13.9. The molecule has 0 radical (unpaired) electrons. The number of thiophene rings is 1. The van der Waals surface area contributed by atoms with Crippen LogP contribution >= 0.6 is 22.9 Å². The number of fused-ring (bicyclic) bond motifs is 1. The van der Waals surface area contributed by atoms with E-state index in [-0.39, 0.29) is 27.6 Å². The Labute approximate surface area is 204 Å². The van der Waals surface area contributed by atoms with Gasteiger partial charge in [-0.15, -0.1) is 22.9 Å². The molecule has 7 nitrogen and oxygen atoms in total. The van der Waals surface area contributed by atoms with Gasteiger partial charge in [-0.3, -0.25) is 4.79 Å². The van der Waals surface area contributed by atoms with E-state index in [4.69, 9.17) is 11.6 Å². The maximum Gasteiger partial charge on any atom is 0.417 e. The molecule has 188 valence electrons. The summed E-state index contributed by atoms with van der Waals surface area (Å²) in [5.74, 6) is -0.00491. The van der Waals surface area contributed by atoms with Gasteiger partial charge in [0.25, 0.3) is 5.91 Å². The van der Waals surface area contributed by atoms with Crippen molar-refractivity contribution in [2.45, 2.75) is 57.8 Å². The summed E-state index contributed by atoms with van der Waals surface area (Å²) >= 11 is 6.47. The summed E-state index contributed by atoms with van der Waals surface area (Å²) < 4.78 is 41.6. The van der Waals surface area contributed by atoms with Gasteiger partial charge in [0.15, 0.2) is 0 Å². The highest BCUT2D eigenvalue weighted by Crippen LogP contribution is 2.40. The lowest BCUT2D eigenvalue weighted by Gasteiger charge is -2.43. The van der Waals surface area contributed by atoms with Crippen LogP contribution in [0.5, 0.6) is 0 Å². The second-order valence-electron chi connectivity index (χ2n) is 9.19. The van der Waals surface area contributed by atoms with Crippen molar-refractivity contribution < 1.29 is 27.9 Å². The minimum Gasteiger partial charge on any atom is -0.465 e. The fourth-order valence-corrected chi connectivity index (χ4v) is 5.39. The topological polar surface area (TPSA) is 85.8 Å². The molecule has 0 aromatic carbocycles. The number of pyridine rings is 1. The SMILES string of the molecule is CC(C)(C)N(C(=O)O)C1CCN(c2cc(C(F)(F)F)c3scc(C(=O)NCCCCl)c3n2)CC1. The van der Waals surface area contributed by atoms with Crippen LogP contribution in [0.15, 0.2) is 11.4 Å². The van der Waals surface area contributed by atoms with Crippen LogP contribution in [-0.2, 0) is 6.18 Å². The first kappa shape index (κ1) is 26.3. The third-order valence-corrected chi connectivity index (χ3v) is 7.01. The molecule has 34 heavy (non-hydrogen) atoms. The number of aromatic nitrogens is 1. The van der Waals surface area contributed by atoms with Crippen LogP contribution in [0.1, 0.15) is 56.0 Å². The molecule has 12 heteroatoms. The summed E-state index contributed by atoms with van der Waals surface area (Å²) in [6.45, 7) is 6.45. The van der Waals surface area contributed by atoms with Crippen LogP contribution in [-0.4, -0.2) is 64.1 Å². The highest BCUT2D eigenvalue weighted by Gasteiger charge is 2.38. The molecule has 1 aliphatic rings. The quantitative estimate of drug-likeness (QED) is 0.392. The van der Waals surface area contributed by atoms with Crippen molar-refractivity contribution in [2.24, 2.45) is 0 Å². The molecule has 3 heterocycles. The van der Waals surface area contributed by atoms with Gasteiger partial charge in [0.2, 0.25) is 0 Å². The van der Waals surface area contributed by atoms with Crippen molar-refractivity contribution in [1.82, 2.24) is 15.2 Å². The Morgan fingerprint density at radius 2 is 1.94 bits per heavy atom. The van der Waals surface area contributed by atoms with Gasteiger partial charge in [-0.1, -0.05) is 0 Å². The number of carboxylic acid groups (broad SMARTS) is 1. The van der Waals surface area contributed by atoms with Gasteiger partial charge in [0.05, 0.1) is 21.3 Å². The lowest BCUT2D eigenvalue weighted by Crippen LogP contribution is -2.54.